The van der Waals surface area contributed by atoms with Gasteiger partial charge in [0.05, 0.1) is 7.11 Å². The van der Waals surface area contributed by atoms with Crippen LogP contribution >= 0.6 is 23.8 Å². The summed E-state index contributed by atoms with van der Waals surface area (Å²) in [6.07, 6.45) is 0. The Labute approximate surface area is 71.6 Å². The van der Waals surface area contributed by atoms with Gasteiger partial charge in [-0.25, -0.2) is 4.79 Å². The third-order valence-corrected chi connectivity index (χ3v) is 2.21. The number of H-pyrrole nitrogens is 1. The fourth-order valence-electron chi connectivity index (χ4n) is 0.575. The zero-order valence-corrected chi connectivity index (χ0v) is 7.21. The number of esters is 1. The maximum atomic E-state index is 10.9. The number of carbonyl (C=O) groups excluding carboxylic acids is 1. The van der Waals surface area contributed by atoms with Gasteiger partial charge in [0.2, 0.25) is 5.88 Å². The molecule has 1 aromatic heterocycles. The lowest BCUT2D eigenvalue weighted by atomic mass is 10.4. The zero-order valence-electron chi connectivity index (χ0n) is 5.58. The van der Waals surface area contributed by atoms with E-state index in [1.165, 1.54) is 7.11 Å². The van der Waals surface area contributed by atoms with Gasteiger partial charge in [0.15, 0.2) is 0 Å². The van der Waals surface area contributed by atoms with Gasteiger partial charge in [-0.2, -0.15) is 0 Å². The summed E-state index contributed by atoms with van der Waals surface area (Å²) in [7, 11) is 1.23. The Balaban J connectivity index is 3.21. The van der Waals surface area contributed by atoms with Crippen molar-refractivity contribution < 1.29 is 14.6 Å². The summed E-state index contributed by atoms with van der Waals surface area (Å²) in [6.45, 7) is 0. The Morgan fingerprint density at radius 2 is 2.45 bits per heavy atom. The fraction of sp³-hybridized carbons (Fsp3) is 0.200. The molecule has 0 bridgehead atoms. The van der Waals surface area contributed by atoms with E-state index in [0.29, 0.717) is 3.82 Å². The minimum Gasteiger partial charge on any atom is -0.493 e. The Morgan fingerprint density at radius 1 is 1.82 bits per heavy atom. The average molecular weight is 191 g/mol. The van der Waals surface area contributed by atoms with Gasteiger partial charge in [-0.05, 0) is 11.5 Å². The highest BCUT2D eigenvalue weighted by Gasteiger charge is 2.15. The topological polar surface area (TPSA) is 62.3 Å². The molecule has 60 valence electrons. The van der Waals surface area contributed by atoms with Crippen molar-refractivity contribution in [3.63, 3.8) is 0 Å². The van der Waals surface area contributed by atoms with E-state index in [0.717, 1.165) is 11.5 Å². The fourth-order valence-corrected chi connectivity index (χ4v) is 1.45. The lowest BCUT2D eigenvalue weighted by molar-refractivity contribution is 0.0597. The number of hydrogen-bond acceptors (Lipinski definition) is 5. The van der Waals surface area contributed by atoms with Gasteiger partial charge in [-0.15, -0.1) is 0 Å². The lowest BCUT2D eigenvalue weighted by Crippen LogP contribution is -1.99. The number of nitrogens with one attached hydrogen (secondary N) is 1. The number of aromatic hydroxyl groups is 1. The van der Waals surface area contributed by atoms with E-state index in [-0.39, 0.29) is 11.4 Å². The molecule has 0 aliphatic heterocycles. The number of ether oxygens (including phenoxy) is 1. The van der Waals surface area contributed by atoms with Gasteiger partial charge < -0.3 is 9.84 Å². The van der Waals surface area contributed by atoms with E-state index >= 15 is 0 Å². The minimum absolute atomic E-state index is 0.0347. The zero-order chi connectivity index (χ0) is 8.43. The van der Waals surface area contributed by atoms with Crippen molar-refractivity contribution in [1.29, 1.82) is 0 Å². The highest BCUT2D eigenvalue weighted by Crippen LogP contribution is 2.20. The first-order chi connectivity index (χ1) is 5.16. The van der Waals surface area contributed by atoms with Gasteiger partial charge >= 0.3 is 5.97 Å². The van der Waals surface area contributed by atoms with Crippen LogP contribution < -0.4 is 0 Å². The van der Waals surface area contributed by atoms with E-state index in [4.69, 9.17) is 17.3 Å². The van der Waals surface area contributed by atoms with Crippen LogP contribution in [0.3, 0.4) is 0 Å². The summed E-state index contributed by atoms with van der Waals surface area (Å²) in [6, 6.07) is 0. The van der Waals surface area contributed by atoms with Crippen molar-refractivity contribution in [2.24, 2.45) is 0 Å². The summed E-state index contributed by atoms with van der Waals surface area (Å²) < 4.78 is 7.12. The van der Waals surface area contributed by atoms with Crippen molar-refractivity contribution in [2.75, 3.05) is 7.11 Å². The van der Waals surface area contributed by atoms with E-state index in [1.807, 2.05) is 0 Å². The van der Waals surface area contributed by atoms with Gasteiger partial charge in [0.25, 0.3) is 0 Å². The Hall–Kier alpha value is -0.880. The number of aromatic nitrogens is 1. The molecule has 0 radical (unpaired) electrons. The Kier molecular flexibility index (Phi) is 2.25. The lowest BCUT2D eigenvalue weighted by Gasteiger charge is -1.93. The van der Waals surface area contributed by atoms with Crippen LogP contribution in [-0.2, 0) is 4.74 Å². The molecule has 0 unspecified atom stereocenters. The molecule has 1 heterocycles. The van der Waals surface area contributed by atoms with Crippen molar-refractivity contribution in [3.05, 3.63) is 9.39 Å². The third-order valence-electron chi connectivity index (χ3n) is 1.07. The number of aromatic amines is 1. The molecule has 6 heteroatoms. The van der Waals surface area contributed by atoms with Gasteiger partial charge in [0, 0.05) is 0 Å². The van der Waals surface area contributed by atoms with E-state index in [9.17, 15) is 4.79 Å². The van der Waals surface area contributed by atoms with Crippen LogP contribution in [0.25, 0.3) is 0 Å². The van der Waals surface area contributed by atoms with Crippen LogP contribution in [0.1, 0.15) is 10.4 Å². The van der Waals surface area contributed by atoms with Crippen molar-refractivity contribution >= 4 is 29.7 Å². The van der Waals surface area contributed by atoms with Crippen LogP contribution in [0.2, 0.25) is 0 Å². The van der Waals surface area contributed by atoms with Gasteiger partial charge in [-0.3, -0.25) is 4.37 Å². The monoisotopic (exact) mass is 191 g/mol. The molecule has 0 spiro atoms. The predicted octanol–water partition coefficient (Wildman–Crippen LogP) is 1.30. The van der Waals surface area contributed by atoms with E-state index in [2.05, 4.69) is 9.11 Å². The first kappa shape index (κ1) is 8.22. The summed E-state index contributed by atoms with van der Waals surface area (Å²) in [4.78, 5) is 10.9. The van der Waals surface area contributed by atoms with Crippen molar-refractivity contribution in [3.8, 4) is 5.88 Å². The van der Waals surface area contributed by atoms with Crippen LogP contribution in [0.15, 0.2) is 0 Å². The summed E-state index contributed by atoms with van der Waals surface area (Å²) >= 11 is 5.76. The molecule has 0 fully saturated rings. The second-order valence-electron chi connectivity index (χ2n) is 1.71. The standard InChI is InChI=1S/C5H5NO3S2/c1-9-4(8)2-3(7)6-11-5(2)10/h6-7H,1H3. The highest BCUT2D eigenvalue weighted by molar-refractivity contribution is 7.73. The summed E-state index contributed by atoms with van der Waals surface area (Å²) in [5.41, 5.74) is 0.0347. The molecule has 11 heavy (non-hydrogen) atoms. The largest absolute Gasteiger partial charge is 0.493 e. The Bertz CT molecular complexity index is 327. The normalized spacial score (nSPS) is 9.55. The number of methoxy groups -OCH3 is 1. The number of carbonyl (C=O) groups is 1. The molecule has 1 rings (SSSR count). The number of hydrogen-bond donors (Lipinski definition) is 2. The van der Waals surface area contributed by atoms with Crippen LogP contribution in [0.5, 0.6) is 5.88 Å². The van der Waals surface area contributed by atoms with Gasteiger partial charge in [0.1, 0.15) is 9.39 Å². The molecule has 0 aliphatic carbocycles. The minimum atomic E-state index is -0.620. The second kappa shape index (κ2) is 3.02. The van der Waals surface area contributed by atoms with E-state index < -0.39 is 5.97 Å². The smallest absolute Gasteiger partial charge is 0.345 e. The first-order valence-electron chi connectivity index (χ1n) is 2.65. The molecular formula is C5H5NO3S2. The molecule has 0 aliphatic rings. The summed E-state index contributed by atoms with van der Waals surface area (Å²) in [5, 5.41) is 9.02. The second-order valence-corrected chi connectivity index (χ2v) is 3.19. The quantitative estimate of drug-likeness (QED) is 0.518. The van der Waals surface area contributed by atoms with Crippen LogP contribution in [0, 0.1) is 3.82 Å². The Morgan fingerprint density at radius 3 is 2.82 bits per heavy atom. The van der Waals surface area contributed by atoms with Crippen molar-refractivity contribution in [2.45, 2.75) is 0 Å². The van der Waals surface area contributed by atoms with Crippen molar-refractivity contribution in [1.82, 2.24) is 4.37 Å². The molecular weight excluding hydrogens is 186 g/mol. The highest BCUT2D eigenvalue weighted by atomic mass is 32.2. The van der Waals surface area contributed by atoms with E-state index in [1.54, 1.807) is 0 Å². The summed E-state index contributed by atoms with van der Waals surface area (Å²) in [5.74, 6) is -0.850. The molecule has 2 N–H and O–H groups in total. The number of rotatable bonds is 1. The molecule has 0 aromatic carbocycles. The molecule has 0 saturated heterocycles. The predicted molar refractivity (Wildman–Crippen MR) is 42.5 cm³/mol. The molecule has 1 aromatic rings. The SMILES string of the molecule is COC(=O)c1c(O)[nH]sc1=S. The molecule has 4 nitrogen and oxygen atoms in total. The third kappa shape index (κ3) is 1.41. The van der Waals surface area contributed by atoms with Crippen LogP contribution in [0.4, 0.5) is 0 Å². The first-order valence-corrected chi connectivity index (χ1v) is 3.88. The van der Waals surface area contributed by atoms with Crippen LogP contribution in [-0.4, -0.2) is 22.6 Å². The maximum absolute atomic E-state index is 10.9. The molecule has 0 amide bonds. The average Bonchev–Trinajstić information content (AvgIpc) is 2.30. The molecule has 0 atom stereocenters. The van der Waals surface area contributed by atoms with Gasteiger partial charge in [-0.1, -0.05) is 12.2 Å². The molecule has 0 saturated carbocycles. The maximum Gasteiger partial charge on any atom is 0.345 e.